The first-order valence-corrected chi connectivity index (χ1v) is 15.2. The lowest BCUT2D eigenvalue weighted by atomic mass is 10.1. The van der Waals surface area contributed by atoms with Gasteiger partial charge in [0, 0.05) is 43.6 Å². The molecule has 2 aromatic heterocycles. The normalized spacial score (nSPS) is 17.9. The highest BCUT2D eigenvalue weighted by atomic mass is 16.5. The fraction of sp³-hybridized carbons (Fsp3) is 0.469. The molecular weight excluding hydrogens is 548 g/mol. The highest BCUT2D eigenvalue weighted by Gasteiger charge is 2.37. The number of hydrogen-bond acceptors (Lipinski definition) is 8. The summed E-state index contributed by atoms with van der Waals surface area (Å²) >= 11 is 0. The van der Waals surface area contributed by atoms with Gasteiger partial charge in [-0.1, -0.05) is 12.5 Å². The van der Waals surface area contributed by atoms with Gasteiger partial charge in [-0.05, 0) is 81.1 Å². The summed E-state index contributed by atoms with van der Waals surface area (Å²) < 4.78 is 6.00. The van der Waals surface area contributed by atoms with E-state index < -0.39 is 24.0 Å². The molecule has 3 N–H and O–H groups in total. The van der Waals surface area contributed by atoms with E-state index in [9.17, 15) is 19.5 Å². The number of fused-ring (bicyclic) bond motifs is 1. The van der Waals surface area contributed by atoms with Crippen LogP contribution in [-0.4, -0.2) is 94.1 Å². The van der Waals surface area contributed by atoms with Crippen LogP contribution in [0.15, 0.2) is 55.0 Å². The van der Waals surface area contributed by atoms with Crippen LogP contribution in [0.3, 0.4) is 0 Å². The Kier molecular flexibility index (Phi) is 10.5. The minimum Gasteiger partial charge on any atom is -0.494 e. The number of likely N-dealkylation sites (tertiary alicyclic amines) is 2. The van der Waals surface area contributed by atoms with Gasteiger partial charge in [0.05, 0.1) is 30.3 Å². The van der Waals surface area contributed by atoms with E-state index in [0.29, 0.717) is 48.2 Å². The van der Waals surface area contributed by atoms with Gasteiger partial charge in [-0.2, -0.15) is 0 Å². The number of ether oxygens (including phenoxy) is 1. The predicted molar refractivity (Wildman–Crippen MR) is 161 cm³/mol. The van der Waals surface area contributed by atoms with Crippen LogP contribution in [0, 0.1) is 0 Å². The quantitative estimate of drug-likeness (QED) is 0.274. The Bertz CT molecular complexity index is 1400. The van der Waals surface area contributed by atoms with Gasteiger partial charge in [-0.25, -0.2) is 0 Å². The van der Waals surface area contributed by atoms with Gasteiger partial charge in [0.1, 0.15) is 5.75 Å². The Hall–Kier alpha value is -4.09. The van der Waals surface area contributed by atoms with E-state index in [2.05, 4.69) is 25.5 Å². The molecule has 0 radical (unpaired) electrons. The number of hydrogen-bond donors (Lipinski definition) is 3. The summed E-state index contributed by atoms with van der Waals surface area (Å²) in [5.74, 6) is -0.648. The van der Waals surface area contributed by atoms with Gasteiger partial charge >= 0.3 is 0 Å². The van der Waals surface area contributed by atoms with Crippen molar-refractivity contribution < 1.29 is 24.2 Å². The number of nitrogens with zero attached hydrogens (tertiary/aromatic N) is 4. The number of nitrogens with one attached hydrogen (secondary N) is 2. The molecule has 0 aliphatic carbocycles. The number of rotatable bonds is 12. The zero-order valence-corrected chi connectivity index (χ0v) is 24.4. The van der Waals surface area contributed by atoms with Crippen LogP contribution < -0.4 is 15.4 Å². The van der Waals surface area contributed by atoms with E-state index in [-0.39, 0.29) is 19.0 Å². The second-order valence-electron chi connectivity index (χ2n) is 11.1. The molecule has 5 rings (SSSR count). The molecule has 2 atom stereocenters. The highest BCUT2D eigenvalue weighted by molar-refractivity contribution is 6.07. The van der Waals surface area contributed by atoms with E-state index in [1.165, 1.54) is 24.2 Å². The smallest absolute Gasteiger partial charge is 0.252 e. The Balaban J connectivity index is 1.14. The third-order valence-corrected chi connectivity index (χ3v) is 8.14. The Morgan fingerprint density at radius 2 is 1.88 bits per heavy atom. The maximum Gasteiger partial charge on any atom is 0.252 e. The summed E-state index contributed by atoms with van der Waals surface area (Å²) in [5.41, 5.74) is 1.85. The number of aromatic nitrogens is 2. The molecule has 11 heteroatoms. The average Bonchev–Trinajstić information content (AvgIpc) is 3.55. The van der Waals surface area contributed by atoms with Crippen molar-refractivity contribution in [3.63, 3.8) is 0 Å². The molecule has 2 unspecified atom stereocenters. The molecule has 1 aromatic carbocycles. The standard InChI is InChI=1S/C32H40N6O5/c39-29(38-17-5-8-28(38)30(40)32(42)35-21-23-7-4-12-33-20-23)22-36-31(41)25-11-13-34-27-10-9-24(19-26(25)27)43-18-6-16-37-14-2-1-3-15-37/h4,7,9-13,19-20,28,30,40H,1-3,5-6,8,14-18,21-22H2,(H,35,42)(H,36,41). The van der Waals surface area contributed by atoms with Crippen molar-refractivity contribution >= 4 is 28.6 Å². The molecule has 0 bridgehead atoms. The number of pyridine rings is 2. The topological polar surface area (TPSA) is 137 Å². The molecular formula is C32H40N6O5. The van der Waals surface area contributed by atoms with Crippen LogP contribution >= 0.6 is 0 Å². The summed E-state index contributed by atoms with van der Waals surface area (Å²) in [6.07, 6.45) is 9.40. The van der Waals surface area contributed by atoms with E-state index in [4.69, 9.17) is 4.74 Å². The third-order valence-electron chi connectivity index (χ3n) is 8.14. The number of carbonyl (C=O) groups excluding carboxylic acids is 3. The number of piperidine rings is 1. The average molecular weight is 589 g/mol. The van der Waals surface area contributed by atoms with Crippen molar-refractivity contribution in [2.45, 2.75) is 57.2 Å². The first kappa shape index (κ1) is 30.4. The molecule has 2 aliphatic heterocycles. The number of aliphatic hydroxyl groups excluding tert-OH is 1. The Morgan fingerprint density at radius 1 is 1.02 bits per heavy atom. The molecule has 43 heavy (non-hydrogen) atoms. The summed E-state index contributed by atoms with van der Waals surface area (Å²) in [7, 11) is 0. The van der Waals surface area contributed by atoms with Gasteiger partial charge in [-0.3, -0.25) is 24.4 Å². The van der Waals surface area contributed by atoms with Crippen LogP contribution in [-0.2, 0) is 16.1 Å². The maximum absolute atomic E-state index is 13.2. The Morgan fingerprint density at radius 3 is 2.70 bits per heavy atom. The van der Waals surface area contributed by atoms with E-state index in [1.807, 2.05) is 24.3 Å². The van der Waals surface area contributed by atoms with Crippen molar-refractivity contribution in [3.05, 3.63) is 66.1 Å². The van der Waals surface area contributed by atoms with E-state index in [1.54, 1.807) is 30.7 Å². The number of carbonyl (C=O) groups is 3. The minimum absolute atomic E-state index is 0.228. The molecule has 4 heterocycles. The largest absolute Gasteiger partial charge is 0.494 e. The van der Waals surface area contributed by atoms with Crippen molar-refractivity contribution in [2.75, 3.05) is 39.3 Å². The molecule has 228 valence electrons. The first-order valence-electron chi connectivity index (χ1n) is 15.2. The first-order chi connectivity index (χ1) is 21.0. The lowest BCUT2D eigenvalue weighted by molar-refractivity contribution is -0.138. The van der Waals surface area contributed by atoms with Gasteiger partial charge in [0.25, 0.3) is 11.8 Å². The van der Waals surface area contributed by atoms with Gasteiger partial charge in [0.2, 0.25) is 5.91 Å². The van der Waals surface area contributed by atoms with Crippen molar-refractivity contribution in [3.8, 4) is 5.75 Å². The minimum atomic E-state index is -1.37. The summed E-state index contributed by atoms with van der Waals surface area (Å²) in [5, 5.41) is 16.8. The van der Waals surface area contributed by atoms with Crippen molar-refractivity contribution in [1.82, 2.24) is 30.4 Å². The molecule has 3 amide bonds. The number of benzene rings is 1. The summed E-state index contributed by atoms with van der Waals surface area (Å²) in [6.45, 7) is 4.29. The van der Waals surface area contributed by atoms with Gasteiger partial charge < -0.3 is 30.3 Å². The number of amides is 3. The van der Waals surface area contributed by atoms with E-state index in [0.717, 1.165) is 31.6 Å². The molecule has 2 aliphatic rings. The van der Waals surface area contributed by atoms with E-state index >= 15 is 0 Å². The monoisotopic (exact) mass is 588 g/mol. The SMILES string of the molecule is O=C(NCC(=O)N1CCCC1C(O)C(=O)NCc1cccnc1)c1ccnc2ccc(OCCCN3CCCCC3)cc12. The summed E-state index contributed by atoms with van der Waals surface area (Å²) in [4.78, 5) is 51.3. The Labute approximate surface area is 251 Å². The van der Waals surface area contributed by atoms with Crippen LogP contribution in [0.25, 0.3) is 10.9 Å². The lowest BCUT2D eigenvalue weighted by Gasteiger charge is -2.28. The van der Waals surface area contributed by atoms with Crippen LogP contribution in [0.4, 0.5) is 0 Å². The fourth-order valence-electron chi connectivity index (χ4n) is 5.83. The zero-order valence-electron chi connectivity index (χ0n) is 24.4. The molecule has 0 saturated carbocycles. The molecule has 3 aromatic rings. The van der Waals surface area contributed by atoms with Crippen molar-refractivity contribution in [1.29, 1.82) is 0 Å². The van der Waals surface area contributed by atoms with Crippen LogP contribution in [0.5, 0.6) is 5.75 Å². The molecule has 0 spiro atoms. The second-order valence-corrected chi connectivity index (χ2v) is 11.1. The fourth-order valence-corrected chi connectivity index (χ4v) is 5.83. The summed E-state index contributed by atoms with van der Waals surface area (Å²) in [6, 6.07) is 10.1. The molecule has 2 saturated heterocycles. The third kappa shape index (κ3) is 8.05. The number of aliphatic hydroxyl groups is 1. The zero-order chi connectivity index (χ0) is 30.0. The van der Waals surface area contributed by atoms with Crippen molar-refractivity contribution in [2.24, 2.45) is 0 Å². The predicted octanol–water partition coefficient (Wildman–Crippen LogP) is 2.28. The second kappa shape index (κ2) is 14.9. The van der Waals surface area contributed by atoms with Gasteiger partial charge in [0.15, 0.2) is 6.10 Å². The maximum atomic E-state index is 13.2. The van der Waals surface area contributed by atoms with Gasteiger partial charge in [-0.15, -0.1) is 0 Å². The van der Waals surface area contributed by atoms with Crippen LogP contribution in [0.1, 0.15) is 54.4 Å². The molecule has 11 nitrogen and oxygen atoms in total. The lowest BCUT2D eigenvalue weighted by Crippen LogP contribution is -2.51. The highest BCUT2D eigenvalue weighted by Crippen LogP contribution is 2.24. The van der Waals surface area contributed by atoms with Crippen LogP contribution in [0.2, 0.25) is 0 Å². The molecule has 2 fully saturated rings.